The van der Waals surface area contributed by atoms with Gasteiger partial charge in [0.25, 0.3) is 5.91 Å². The van der Waals surface area contributed by atoms with Crippen molar-refractivity contribution in [3.63, 3.8) is 0 Å². The number of ether oxygens (including phenoxy) is 1. The van der Waals surface area contributed by atoms with E-state index in [0.717, 1.165) is 12.1 Å². The lowest BCUT2D eigenvalue weighted by Gasteiger charge is -2.28. The van der Waals surface area contributed by atoms with Crippen molar-refractivity contribution >= 4 is 17.6 Å². The lowest BCUT2D eigenvalue weighted by molar-refractivity contribution is -0.269. The Morgan fingerprint density at radius 1 is 1.08 bits per heavy atom. The molecule has 0 unspecified atom stereocenters. The molecule has 5 nitrogen and oxygen atoms in total. The lowest BCUT2D eigenvalue weighted by Crippen LogP contribution is -2.60. The number of carbonyl (C=O) groups excluding carboxylic acids is 2. The molecule has 1 heterocycles. The SMILES string of the molecule is CCCO[C@]1(C(F)(F)F)NC(=O)N(c2ccc(C(F)(F)F)cc2)C1=O. The molecule has 0 spiro atoms. The van der Waals surface area contributed by atoms with Crippen LogP contribution in [-0.2, 0) is 15.7 Å². The maximum absolute atomic E-state index is 13.3. The predicted molar refractivity (Wildman–Crippen MR) is 72.5 cm³/mol. The molecule has 138 valence electrons. The Kier molecular flexibility index (Phi) is 4.73. The van der Waals surface area contributed by atoms with Gasteiger partial charge in [-0.2, -0.15) is 26.3 Å². The maximum Gasteiger partial charge on any atom is 0.446 e. The summed E-state index contributed by atoms with van der Waals surface area (Å²) in [6, 6.07) is 1.12. The predicted octanol–water partition coefficient (Wildman–Crippen LogP) is 3.45. The van der Waals surface area contributed by atoms with Gasteiger partial charge in [-0.25, -0.2) is 9.69 Å². The van der Waals surface area contributed by atoms with Gasteiger partial charge in [-0.15, -0.1) is 0 Å². The smallest absolute Gasteiger partial charge is 0.340 e. The molecule has 1 atom stereocenters. The van der Waals surface area contributed by atoms with Gasteiger partial charge in [-0.05, 0) is 30.7 Å². The number of benzene rings is 1. The summed E-state index contributed by atoms with van der Waals surface area (Å²) in [5.41, 5.74) is -5.09. The molecule has 25 heavy (non-hydrogen) atoms. The third-order valence-electron chi connectivity index (χ3n) is 3.37. The third kappa shape index (κ3) is 3.28. The summed E-state index contributed by atoms with van der Waals surface area (Å²) in [4.78, 5) is 24.2. The van der Waals surface area contributed by atoms with Gasteiger partial charge in [-0.3, -0.25) is 10.1 Å². The van der Waals surface area contributed by atoms with Crippen LogP contribution in [0.4, 0.5) is 36.8 Å². The zero-order valence-corrected chi connectivity index (χ0v) is 12.7. The van der Waals surface area contributed by atoms with Crippen LogP contribution in [0.3, 0.4) is 0 Å². The average Bonchev–Trinajstić information content (AvgIpc) is 2.76. The second-order valence-electron chi connectivity index (χ2n) is 5.14. The standard InChI is InChI=1S/C14H12F6N2O3/c1-2-7-25-12(14(18,19)20)10(23)22(11(24)21-12)9-5-3-8(4-6-9)13(15,16)17/h3-6H,2,7H2,1H3,(H,21,24)/t12-/m1/s1. The second-order valence-corrected chi connectivity index (χ2v) is 5.14. The molecule has 1 aliphatic heterocycles. The van der Waals surface area contributed by atoms with Gasteiger partial charge in [0.15, 0.2) is 0 Å². The fourth-order valence-electron chi connectivity index (χ4n) is 2.17. The van der Waals surface area contributed by atoms with E-state index >= 15 is 0 Å². The van der Waals surface area contributed by atoms with Gasteiger partial charge in [0.05, 0.1) is 17.9 Å². The zero-order valence-electron chi connectivity index (χ0n) is 12.7. The van der Waals surface area contributed by atoms with Gasteiger partial charge < -0.3 is 4.74 Å². The largest absolute Gasteiger partial charge is 0.446 e. The van der Waals surface area contributed by atoms with E-state index in [1.165, 1.54) is 12.2 Å². The van der Waals surface area contributed by atoms with Crippen molar-refractivity contribution in [3.05, 3.63) is 29.8 Å². The molecule has 0 saturated carbocycles. The lowest BCUT2D eigenvalue weighted by atomic mass is 10.1. The first kappa shape index (κ1) is 19.0. The molecular weight excluding hydrogens is 358 g/mol. The number of hydrogen-bond acceptors (Lipinski definition) is 3. The van der Waals surface area contributed by atoms with E-state index in [2.05, 4.69) is 4.74 Å². The summed E-state index contributed by atoms with van der Waals surface area (Å²) in [6.45, 7) is 1.03. The number of urea groups is 1. The van der Waals surface area contributed by atoms with Crippen molar-refractivity contribution in [2.24, 2.45) is 0 Å². The molecule has 11 heteroatoms. The van der Waals surface area contributed by atoms with E-state index in [4.69, 9.17) is 0 Å². The van der Waals surface area contributed by atoms with E-state index in [0.29, 0.717) is 12.1 Å². The quantitative estimate of drug-likeness (QED) is 0.653. The highest BCUT2D eigenvalue weighted by Crippen LogP contribution is 2.39. The summed E-state index contributed by atoms with van der Waals surface area (Å²) >= 11 is 0. The number of rotatable bonds is 4. The van der Waals surface area contributed by atoms with Crippen molar-refractivity contribution in [1.82, 2.24) is 5.32 Å². The number of alkyl halides is 6. The van der Waals surface area contributed by atoms with E-state index in [1.807, 2.05) is 0 Å². The summed E-state index contributed by atoms with van der Waals surface area (Å²) in [5.74, 6) is -1.77. The number of carbonyl (C=O) groups is 2. The average molecular weight is 370 g/mol. The van der Waals surface area contributed by atoms with Crippen LogP contribution in [-0.4, -0.2) is 30.4 Å². The van der Waals surface area contributed by atoms with Crippen LogP contribution in [0.2, 0.25) is 0 Å². The zero-order chi connectivity index (χ0) is 19.0. The molecule has 1 aromatic rings. The molecule has 0 radical (unpaired) electrons. The van der Waals surface area contributed by atoms with Crippen molar-refractivity contribution in [2.45, 2.75) is 31.4 Å². The van der Waals surface area contributed by atoms with Crippen molar-refractivity contribution < 1.29 is 40.7 Å². The number of anilines is 1. The van der Waals surface area contributed by atoms with E-state index in [9.17, 15) is 35.9 Å². The van der Waals surface area contributed by atoms with Crippen LogP contribution in [0.5, 0.6) is 0 Å². The first-order valence-corrected chi connectivity index (χ1v) is 6.98. The Bertz CT molecular complexity index is 671. The van der Waals surface area contributed by atoms with Gasteiger partial charge in [0.1, 0.15) is 0 Å². The highest BCUT2D eigenvalue weighted by Gasteiger charge is 2.69. The molecule has 1 N–H and O–H groups in total. The number of nitrogens with one attached hydrogen (secondary N) is 1. The second kappa shape index (κ2) is 6.21. The molecule has 3 amide bonds. The first-order valence-electron chi connectivity index (χ1n) is 6.98. The van der Waals surface area contributed by atoms with E-state index in [1.54, 1.807) is 0 Å². The molecule has 1 fully saturated rings. The molecule has 0 bridgehead atoms. The van der Waals surface area contributed by atoms with Crippen molar-refractivity contribution in [3.8, 4) is 0 Å². The molecule has 0 aromatic heterocycles. The molecule has 1 aromatic carbocycles. The Balaban J connectivity index is 2.40. The van der Waals surface area contributed by atoms with E-state index < -0.39 is 47.9 Å². The topological polar surface area (TPSA) is 58.6 Å². The minimum atomic E-state index is -5.25. The van der Waals surface area contributed by atoms with Crippen LogP contribution in [0, 0.1) is 0 Å². The fourth-order valence-corrected chi connectivity index (χ4v) is 2.17. The van der Waals surface area contributed by atoms with Crippen LogP contribution in [0.25, 0.3) is 0 Å². The van der Waals surface area contributed by atoms with Gasteiger partial charge >= 0.3 is 24.1 Å². The van der Waals surface area contributed by atoms with Gasteiger partial charge in [0, 0.05) is 0 Å². The van der Waals surface area contributed by atoms with Crippen molar-refractivity contribution in [2.75, 3.05) is 11.5 Å². The first-order chi connectivity index (χ1) is 11.4. The van der Waals surface area contributed by atoms with Crippen LogP contribution < -0.4 is 10.2 Å². The minimum Gasteiger partial charge on any atom is -0.340 e. The summed E-state index contributed by atoms with van der Waals surface area (Å²) in [6.07, 6.45) is -9.79. The normalized spacial score (nSPS) is 21.6. The number of halogens is 6. The molecule has 2 rings (SSSR count). The third-order valence-corrected chi connectivity index (χ3v) is 3.37. The summed E-state index contributed by atoms with van der Waals surface area (Å²) in [7, 11) is 0. The summed E-state index contributed by atoms with van der Waals surface area (Å²) in [5, 5.41) is 1.45. The van der Waals surface area contributed by atoms with Gasteiger partial charge in [0.2, 0.25) is 0 Å². The van der Waals surface area contributed by atoms with Crippen LogP contribution in [0.15, 0.2) is 24.3 Å². The Hall–Kier alpha value is -2.30. The monoisotopic (exact) mass is 370 g/mol. The maximum atomic E-state index is 13.3. The van der Waals surface area contributed by atoms with Crippen molar-refractivity contribution in [1.29, 1.82) is 0 Å². The van der Waals surface area contributed by atoms with Crippen LogP contribution >= 0.6 is 0 Å². The Morgan fingerprint density at radius 2 is 1.64 bits per heavy atom. The molecule has 1 saturated heterocycles. The molecule has 0 aliphatic carbocycles. The van der Waals surface area contributed by atoms with E-state index in [-0.39, 0.29) is 11.3 Å². The highest BCUT2D eigenvalue weighted by molar-refractivity contribution is 6.23. The molecular formula is C14H12F6N2O3. The molecule has 1 aliphatic rings. The number of hydrogen-bond donors (Lipinski definition) is 1. The Labute approximate surface area is 137 Å². The minimum absolute atomic E-state index is 0.101. The highest BCUT2D eigenvalue weighted by atomic mass is 19.4. The Morgan fingerprint density at radius 3 is 2.08 bits per heavy atom. The number of nitrogens with zero attached hydrogens (tertiary/aromatic N) is 1. The van der Waals surface area contributed by atoms with Gasteiger partial charge in [-0.1, -0.05) is 6.92 Å². The number of imide groups is 1. The number of amides is 3. The van der Waals surface area contributed by atoms with Crippen LogP contribution in [0.1, 0.15) is 18.9 Å². The fraction of sp³-hybridized carbons (Fsp3) is 0.429. The summed E-state index contributed by atoms with van der Waals surface area (Å²) < 4.78 is 82.2.